The molecule has 5 nitrogen and oxygen atoms in total. The maximum atomic E-state index is 13.4. The number of hydrogen-bond acceptors (Lipinski definition) is 3. The molecule has 2 rings (SSSR count). The lowest BCUT2D eigenvalue weighted by molar-refractivity contribution is -0.120. The molecule has 0 saturated heterocycles. The smallest absolute Gasteiger partial charge is 0.338 e. The number of halogens is 1. The molecular weight excluding hydrogens is 251 g/mol. The lowest BCUT2D eigenvalue weighted by atomic mass is 10.1. The summed E-state index contributed by atoms with van der Waals surface area (Å²) < 4.78 is 13.4. The molecule has 19 heavy (non-hydrogen) atoms. The van der Waals surface area contributed by atoms with E-state index < -0.39 is 11.8 Å². The second kappa shape index (κ2) is 5.79. The summed E-state index contributed by atoms with van der Waals surface area (Å²) in [6, 6.07) is 4.23. The van der Waals surface area contributed by atoms with E-state index in [0.29, 0.717) is 18.2 Å². The molecule has 0 heterocycles. The largest absolute Gasteiger partial charge is 0.478 e. The summed E-state index contributed by atoms with van der Waals surface area (Å²) in [5.74, 6) is -2.14. The molecule has 0 aromatic heterocycles. The summed E-state index contributed by atoms with van der Waals surface area (Å²) in [7, 11) is 0. The van der Waals surface area contributed by atoms with Gasteiger partial charge in [-0.3, -0.25) is 4.79 Å². The predicted octanol–water partition coefficient (Wildman–Crippen LogP) is 0.892. The Morgan fingerprint density at radius 3 is 2.68 bits per heavy atom. The number of amides is 1. The molecule has 6 heteroatoms. The normalized spacial score (nSPS) is 14.2. The molecule has 0 atom stereocenters. The van der Waals surface area contributed by atoms with Crippen LogP contribution in [0.1, 0.15) is 28.8 Å². The molecule has 1 aromatic rings. The highest BCUT2D eigenvalue weighted by Crippen LogP contribution is 2.18. The lowest BCUT2D eigenvalue weighted by Crippen LogP contribution is -2.34. The third kappa shape index (κ3) is 4.03. The average molecular weight is 266 g/mol. The number of carboxylic acids is 1. The summed E-state index contributed by atoms with van der Waals surface area (Å²) in [5.41, 5.74) is 0.247. The van der Waals surface area contributed by atoms with Gasteiger partial charge in [0.1, 0.15) is 5.82 Å². The third-order valence-corrected chi connectivity index (χ3v) is 2.82. The minimum absolute atomic E-state index is 0.0786. The highest BCUT2D eigenvalue weighted by atomic mass is 19.1. The van der Waals surface area contributed by atoms with Gasteiger partial charge in [-0.15, -0.1) is 0 Å². The molecule has 102 valence electrons. The van der Waals surface area contributed by atoms with Gasteiger partial charge < -0.3 is 15.7 Å². The highest BCUT2D eigenvalue weighted by molar-refractivity contribution is 5.87. The van der Waals surface area contributed by atoms with Crippen LogP contribution in [0.25, 0.3) is 0 Å². The third-order valence-electron chi connectivity index (χ3n) is 2.82. The zero-order valence-electron chi connectivity index (χ0n) is 10.3. The number of nitrogens with one attached hydrogen (secondary N) is 2. The molecule has 0 aliphatic heterocycles. The quantitative estimate of drug-likeness (QED) is 0.714. The Kier molecular flexibility index (Phi) is 4.11. The van der Waals surface area contributed by atoms with Crippen molar-refractivity contribution in [1.82, 2.24) is 10.6 Å². The summed E-state index contributed by atoms with van der Waals surface area (Å²) in [5, 5.41) is 14.4. The van der Waals surface area contributed by atoms with Gasteiger partial charge in [0.15, 0.2) is 0 Å². The fourth-order valence-electron chi connectivity index (χ4n) is 1.67. The van der Waals surface area contributed by atoms with E-state index in [0.717, 1.165) is 18.9 Å². The second-order valence-corrected chi connectivity index (χ2v) is 4.56. The van der Waals surface area contributed by atoms with E-state index in [1.165, 1.54) is 12.1 Å². The first-order valence-corrected chi connectivity index (χ1v) is 6.08. The van der Waals surface area contributed by atoms with Gasteiger partial charge in [-0.25, -0.2) is 9.18 Å². The van der Waals surface area contributed by atoms with E-state index in [1.54, 1.807) is 0 Å². The summed E-state index contributed by atoms with van der Waals surface area (Å²) in [4.78, 5) is 22.0. The fourth-order valence-corrected chi connectivity index (χ4v) is 1.67. The van der Waals surface area contributed by atoms with E-state index >= 15 is 0 Å². The van der Waals surface area contributed by atoms with Crippen LogP contribution in [0.3, 0.4) is 0 Å². The van der Waals surface area contributed by atoms with Crippen LogP contribution in [-0.2, 0) is 11.3 Å². The van der Waals surface area contributed by atoms with Gasteiger partial charge in [0.25, 0.3) is 0 Å². The topological polar surface area (TPSA) is 78.4 Å². The second-order valence-electron chi connectivity index (χ2n) is 4.56. The summed E-state index contributed by atoms with van der Waals surface area (Å²) >= 11 is 0. The van der Waals surface area contributed by atoms with Crippen molar-refractivity contribution in [3.8, 4) is 0 Å². The SMILES string of the molecule is O=C(CNCc1ccc(C(=O)O)c(F)c1)NC1CC1. The number of carbonyl (C=O) groups excluding carboxylic acids is 1. The Balaban J connectivity index is 1.80. The van der Waals surface area contributed by atoms with Gasteiger partial charge in [0, 0.05) is 12.6 Å². The van der Waals surface area contributed by atoms with Gasteiger partial charge in [-0.1, -0.05) is 6.07 Å². The van der Waals surface area contributed by atoms with Crippen molar-refractivity contribution in [3.05, 3.63) is 35.1 Å². The number of aromatic carboxylic acids is 1. The number of benzene rings is 1. The van der Waals surface area contributed by atoms with Crippen molar-refractivity contribution in [2.45, 2.75) is 25.4 Å². The van der Waals surface area contributed by atoms with E-state index in [2.05, 4.69) is 10.6 Å². The Morgan fingerprint density at radius 1 is 1.37 bits per heavy atom. The molecule has 0 unspecified atom stereocenters. The van der Waals surface area contributed by atoms with E-state index in [1.807, 2.05) is 0 Å². The Morgan fingerprint density at radius 2 is 2.11 bits per heavy atom. The first kappa shape index (κ1) is 13.5. The molecule has 0 radical (unpaired) electrons. The van der Waals surface area contributed by atoms with Gasteiger partial charge in [-0.05, 0) is 30.5 Å². The summed E-state index contributed by atoms with van der Waals surface area (Å²) in [6.07, 6.45) is 2.07. The van der Waals surface area contributed by atoms with E-state index in [-0.39, 0.29) is 18.0 Å². The molecule has 1 saturated carbocycles. The van der Waals surface area contributed by atoms with Gasteiger partial charge in [0.05, 0.1) is 12.1 Å². The van der Waals surface area contributed by atoms with Crippen LogP contribution in [0.15, 0.2) is 18.2 Å². The van der Waals surface area contributed by atoms with Crippen molar-refractivity contribution in [1.29, 1.82) is 0 Å². The molecule has 0 spiro atoms. The Labute approximate surface area is 109 Å². The Hall–Kier alpha value is -1.95. The van der Waals surface area contributed by atoms with Gasteiger partial charge >= 0.3 is 5.97 Å². The molecular formula is C13H15FN2O3. The minimum Gasteiger partial charge on any atom is -0.478 e. The highest BCUT2D eigenvalue weighted by Gasteiger charge is 2.22. The molecule has 1 aliphatic carbocycles. The number of rotatable bonds is 6. The fraction of sp³-hybridized carbons (Fsp3) is 0.385. The zero-order chi connectivity index (χ0) is 13.8. The molecule has 1 aromatic carbocycles. The number of carboxylic acid groups (broad SMARTS) is 1. The Bertz CT molecular complexity index is 501. The zero-order valence-corrected chi connectivity index (χ0v) is 10.3. The van der Waals surface area contributed by atoms with Crippen molar-refractivity contribution in [2.24, 2.45) is 0 Å². The first-order valence-electron chi connectivity index (χ1n) is 6.08. The molecule has 0 bridgehead atoms. The van der Waals surface area contributed by atoms with Crippen molar-refractivity contribution >= 4 is 11.9 Å². The lowest BCUT2D eigenvalue weighted by Gasteiger charge is -2.06. The standard InChI is InChI=1S/C13H15FN2O3/c14-11-5-8(1-4-10(11)13(18)19)6-15-7-12(17)16-9-2-3-9/h1,4-5,9,15H,2-3,6-7H2,(H,16,17)(H,18,19). The molecule has 1 amide bonds. The van der Waals surface area contributed by atoms with Crippen molar-refractivity contribution < 1.29 is 19.1 Å². The molecule has 1 fully saturated rings. The molecule has 3 N–H and O–H groups in total. The van der Waals surface area contributed by atoms with E-state index in [4.69, 9.17) is 5.11 Å². The number of carbonyl (C=O) groups is 2. The monoisotopic (exact) mass is 266 g/mol. The van der Waals surface area contributed by atoms with Gasteiger partial charge in [0.2, 0.25) is 5.91 Å². The van der Waals surface area contributed by atoms with Crippen LogP contribution in [0.4, 0.5) is 4.39 Å². The van der Waals surface area contributed by atoms with Gasteiger partial charge in [-0.2, -0.15) is 0 Å². The summed E-state index contributed by atoms with van der Waals surface area (Å²) in [6.45, 7) is 0.480. The van der Waals surface area contributed by atoms with Crippen LogP contribution in [0, 0.1) is 5.82 Å². The van der Waals surface area contributed by atoms with Crippen LogP contribution in [0.2, 0.25) is 0 Å². The van der Waals surface area contributed by atoms with Crippen molar-refractivity contribution in [3.63, 3.8) is 0 Å². The van der Waals surface area contributed by atoms with E-state index in [9.17, 15) is 14.0 Å². The van der Waals surface area contributed by atoms with Crippen LogP contribution in [-0.4, -0.2) is 29.6 Å². The maximum absolute atomic E-state index is 13.4. The maximum Gasteiger partial charge on any atom is 0.338 e. The van der Waals surface area contributed by atoms with Crippen molar-refractivity contribution in [2.75, 3.05) is 6.54 Å². The first-order chi connectivity index (χ1) is 9.06. The number of hydrogen-bond donors (Lipinski definition) is 3. The average Bonchev–Trinajstić information content (AvgIpc) is 3.12. The molecule has 1 aliphatic rings. The predicted molar refractivity (Wildman–Crippen MR) is 66.2 cm³/mol. The van der Waals surface area contributed by atoms with Crippen LogP contribution < -0.4 is 10.6 Å². The van der Waals surface area contributed by atoms with Crippen LogP contribution in [0.5, 0.6) is 0 Å². The van der Waals surface area contributed by atoms with Crippen LogP contribution >= 0.6 is 0 Å². The minimum atomic E-state index is -1.29.